The van der Waals surface area contributed by atoms with Gasteiger partial charge in [0.15, 0.2) is 0 Å². The molecule has 3 aromatic carbocycles. The summed E-state index contributed by atoms with van der Waals surface area (Å²) in [6.07, 6.45) is 3.01. The molecular formula is C36H43N7O4. The molecule has 2 atom stereocenters. The molecule has 0 fully saturated rings. The normalized spacial score (nSPS) is 13.6. The standard InChI is InChI=1S/C36H43N7O4/c1-7-21(3)42(5)18-33-39-29-12-10-23-14-28-26-11-9-24(13-25(26)20-47-31(28)15-27(23)35(29)41-33)30-16-37-32(40-30)19-43(22(4)8-2)34(44)17-38-36(45)46-6/h9-16,21-22H,7-8,17-20H2,1-6H3,(H,37,40)(H,38,45)(H,39,41)/t21-,22-/m0/s1. The zero-order chi connectivity index (χ0) is 33.2. The van der Waals surface area contributed by atoms with E-state index in [1.54, 1.807) is 11.1 Å². The Labute approximate surface area is 274 Å². The van der Waals surface area contributed by atoms with Gasteiger partial charge in [0.25, 0.3) is 0 Å². The zero-order valence-electron chi connectivity index (χ0n) is 27.9. The highest BCUT2D eigenvalue weighted by molar-refractivity contribution is 6.07. The lowest BCUT2D eigenvalue weighted by atomic mass is 9.92. The van der Waals surface area contributed by atoms with Crippen molar-refractivity contribution in [1.82, 2.24) is 35.1 Å². The zero-order valence-corrected chi connectivity index (χ0v) is 27.9. The van der Waals surface area contributed by atoms with Gasteiger partial charge in [0.1, 0.15) is 30.5 Å². The summed E-state index contributed by atoms with van der Waals surface area (Å²) in [5.74, 6) is 2.27. The first-order valence-electron chi connectivity index (χ1n) is 16.3. The molecule has 0 unspecified atom stereocenters. The van der Waals surface area contributed by atoms with E-state index < -0.39 is 6.09 Å². The topological polar surface area (TPSA) is 128 Å². The quantitative estimate of drug-likeness (QED) is 0.153. The number of methoxy groups -OCH3 is 1. The Bertz CT molecular complexity index is 1930. The fourth-order valence-electron chi connectivity index (χ4n) is 6.07. The lowest BCUT2D eigenvalue weighted by Gasteiger charge is -2.28. The van der Waals surface area contributed by atoms with E-state index in [0.29, 0.717) is 25.0 Å². The molecule has 2 aromatic heterocycles. The van der Waals surface area contributed by atoms with Gasteiger partial charge in [-0.3, -0.25) is 9.69 Å². The van der Waals surface area contributed by atoms with Gasteiger partial charge in [-0.2, -0.15) is 0 Å². The summed E-state index contributed by atoms with van der Waals surface area (Å²) in [6.45, 7) is 9.80. The van der Waals surface area contributed by atoms with Crippen LogP contribution in [0, 0.1) is 0 Å². The summed E-state index contributed by atoms with van der Waals surface area (Å²) in [6, 6.07) is 15.4. The number of hydrogen-bond acceptors (Lipinski definition) is 7. The first-order chi connectivity index (χ1) is 22.7. The van der Waals surface area contributed by atoms with Crippen molar-refractivity contribution < 1.29 is 19.1 Å². The fraction of sp³-hybridized carbons (Fsp3) is 0.389. The molecule has 1 aliphatic heterocycles. The molecule has 1 aliphatic rings. The number of fused-ring (bicyclic) bond motifs is 6. The van der Waals surface area contributed by atoms with Crippen molar-refractivity contribution in [3.63, 3.8) is 0 Å². The van der Waals surface area contributed by atoms with Crippen molar-refractivity contribution in [2.45, 2.75) is 72.3 Å². The molecule has 0 spiro atoms. The van der Waals surface area contributed by atoms with Crippen LogP contribution in [0.15, 0.2) is 48.7 Å². The second-order valence-electron chi connectivity index (χ2n) is 12.4. The molecule has 47 heavy (non-hydrogen) atoms. The van der Waals surface area contributed by atoms with Crippen LogP contribution >= 0.6 is 0 Å². The Morgan fingerprint density at radius 1 is 1.00 bits per heavy atom. The Morgan fingerprint density at radius 3 is 2.57 bits per heavy atom. The van der Waals surface area contributed by atoms with Gasteiger partial charge in [-0.15, -0.1) is 0 Å². The Morgan fingerprint density at radius 2 is 1.81 bits per heavy atom. The summed E-state index contributed by atoms with van der Waals surface area (Å²) in [4.78, 5) is 44.9. The second kappa shape index (κ2) is 13.4. The number of carbonyl (C=O) groups is 2. The number of rotatable bonds is 11. The van der Waals surface area contributed by atoms with E-state index in [2.05, 4.69) is 93.3 Å². The summed E-state index contributed by atoms with van der Waals surface area (Å²) in [5, 5.41) is 4.66. The van der Waals surface area contributed by atoms with Gasteiger partial charge in [-0.25, -0.2) is 14.8 Å². The average Bonchev–Trinajstić information content (AvgIpc) is 3.74. The van der Waals surface area contributed by atoms with Crippen LogP contribution in [0.3, 0.4) is 0 Å². The van der Waals surface area contributed by atoms with E-state index in [4.69, 9.17) is 9.72 Å². The number of carbonyl (C=O) groups excluding carboxylic acids is 2. The monoisotopic (exact) mass is 637 g/mol. The summed E-state index contributed by atoms with van der Waals surface area (Å²) >= 11 is 0. The maximum Gasteiger partial charge on any atom is 0.407 e. The van der Waals surface area contributed by atoms with Crippen molar-refractivity contribution >= 4 is 33.8 Å². The molecular weight excluding hydrogens is 594 g/mol. The van der Waals surface area contributed by atoms with Crippen LogP contribution in [0.2, 0.25) is 0 Å². The third-order valence-corrected chi connectivity index (χ3v) is 9.41. The van der Waals surface area contributed by atoms with Crippen LogP contribution in [0.1, 0.15) is 57.7 Å². The third-order valence-electron chi connectivity index (χ3n) is 9.41. The number of H-pyrrole nitrogens is 2. The molecule has 246 valence electrons. The van der Waals surface area contributed by atoms with Gasteiger partial charge in [0, 0.05) is 23.0 Å². The SMILES string of the molecule is CC[C@H](C)N(C)Cc1nc2c(ccc3cc4c(cc32)OCc2cc(-c3cnc(CN(C(=O)CNC(=O)OC)[C@@H](C)CC)[nH]3)ccc2-4)[nH]1. The van der Waals surface area contributed by atoms with Gasteiger partial charge < -0.3 is 29.7 Å². The molecule has 0 bridgehead atoms. The van der Waals surface area contributed by atoms with Crippen LogP contribution in [0.4, 0.5) is 4.79 Å². The minimum atomic E-state index is -0.639. The Balaban J connectivity index is 1.23. The smallest absolute Gasteiger partial charge is 0.407 e. The lowest BCUT2D eigenvalue weighted by Crippen LogP contribution is -2.44. The van der Waals surface area contributed by atoms with Crippen LogP contribution in [0.5, 0.6) is 5.75 Å². The molecule has 0 aliphatic carbocycles. The highest BCUT2D eigenvalue weighted by atomic mass is 16.5. The van der Waals surface area contributed by atoms with Gasteiger partial charge in [0.2, 0.25) is 5.91 Å². The first-order valence-corrected chi connectivity index (χ1v) is 16.3. The van der Waals surface area contributed by atoms with Crippen molar-refractivity contribution in [2.75, 3.05) is 20.7 Å². The molecule has 0 saturated carbocycles. The molecule has 0 saturated heterocycles. The van der Waals surface area contributed by atoms with Gasteiger partial charge in [0.05, 0.1) is 43.1 Å². The number of benzene rings is 3. The number of alkyl carbamates (subject to hydrolysis) is 1. The minimum absolute atomic E-state index is 0.0324. The van der Waals surface area contributed by atoms with Gasteiger partial charge in [-0.1, -0.05) is 32.0 Å². The number of imidazole rings is 2. The lowest BCUT2D eigenvalue weighted by molar-refractivity contribution is -0.133. The highest BCUT2D eigenvalue weighted by Crippen LogP contribution is 2.42. The number of aromatic nitrogens is 4. The largest absolute Gasteiger partial charge is 0.488 e. The molecule has 11 nitrogen and oxygen atoms in total. The highest BCUT2D eigenvalue weighted by Gasteiger charge is 2.23. The number of aromatic amines is 2. The van der Waals surface area contributed by atoms with Crippen LogP contribution < -0.4 is 10.1 Å². The molecule has 5 aromatic rings. The van der Waals surface area contributed by atoms with E-state index in [1.165, 1.54) is 7.11 Å². The number of hydrogen-bond donors (Lipinski definition) is 3. The van der Waals surface area contributed by atoms with Crippen molar-refractivity contribution in [2.24, 2.45) is 0 Å². The molecule has 2 amide bonds. The molecule has 3 heterocycles. The van der Waals surface area contributed by atoms with Crippen LogP contribution in [-0.4, -0.2) is 74.5 Å². The molecule has 0 radical (unpaired) electrons. The molecule has 11 heteroatoms. The second-order valence-corrected chi connectivity index (χ2v) is 12.4. The number of nitrogens with one attached hydrogen (secondary N) is 3. The molecule has 6 rings (SSSR count). The summed E-state index contributed by atoms with van der Waals surface area (Å²) in [5.41, 5.74) is 7.12. The summed E-state index contributed by atoms with van der Waals surface area (Å²) < 4.78 is 10.9. The third kappa shape index (κ3) is 6.53. The predicted molar refractivity (Wildman–Crippen MR) is 183 cm³/mol. The van der Waals surface area contributed by atoms with E-state index >= 15 is 0 Å². The number of ether oxygens (including phenoxy) is 2. The van der Waals surface area contributed by atoms with E-state index in [0.717, 1.165) is 80.7 Å². The van der Waals surface area contributed by atoms with Crippen LogP contribution in [0.25, 0.3) is 44.2 Å². The van der Waals surface area contributed by atoms with Crippen molar-refractivity contribution in [3.05, 3.63) is 65.9 Å². The summed E-state index contributed by atoms with van der Waals surface area (Å²) in [7, 11) is 3.41. The van der Waals surface area contributed by atoms with E-state index in [-0.39, 0.29) is 18.5 Å². The van der Waals surface area contributed by atoms with Gasteiger partial charge >= 0.3 is 6.09 Å². The Kier molecular flexibility index (Phi) is 9.17. The first kappa shape index (κ1) is 32.1. The maximum atomic E-state index is 12.9. The maximum absolute atomic E-state index is 12.9. The predicted octanol–water partition coefficient (Wildman–Crippen LogP) is 6.38. The minimum Gasteiger partial charge on any atom is -0.488 e. The average molecular weight is 638 g/mol. The van der Waals surface area contributed by atoms with Crippen molar-refractivity contribution in [1.29, 1.82) is 0 Å². The van der Waals surface area contributed by atoms with Crippen molar-refractivity contribution in [3.8, 4) is 28.1 Å². The van der Waals surface area contributed by atoms with E-state index in [1.807, 2.05) is 13.8 Å². The fourth-order valence-corrected chi connectivity index (χ4v) is 6.07. The molecule has 3 N–H and O–H groups in total. The van der Waals surface area contributed by atoms with Gasteiger partial charge in [-0.05, 0) is 80.1 Å². The number of nitrogens with zero attached hydrogens (tertiary/aromatic N) is 4. The Hall–Kier alpha value is -4.90. The van der Waals surface area contributed by atoms with Crippen LogP contribution in [-0.2, 0) is 29.2 Å². The number of amides is 2. The van der Waals surface area contributed by atoms with E-state index in [9.17, 15) is 9.59 Å².